The molecule has 0 fully saturated rings. The van der Waals surface area contributed by atoms with Crippen LogP contribution in [0.25, 0.3) is 0 Å². The average molecular weight is 360 g/mol. The molecule has 0 saturated carbocycles. The number of rotatable bonds is 5. The largest absolute Gasteiger partial charge is 0.532 e. The normalized spacial score (nSPS) is 11.4. The number of hydrogen-bond acceptors (Lipinski definition) is 2. The zero-order valence-electron chi connectivity index (χ0n) is 15.4. The zero-order valence-corrected chi connectivity index (χ0v) is 16.4. The molecule has 3 aromatic rings. The van der Waals surface area contributed by atoms with Crippen LogP contribution in [0.3, 0.4) is 0 Å². The fourth-order valence-electron chi connectivity index (χ4n) is 2.76. The molecule has 0 aliphatic carbocycles. The van der Waals surface area contributed by atoms with Crippen LogP contribution in [0.15, 0.2) is 78.9 Å². The van der Waals surface area contributed by atoms with Crippen molar-refractivity contribution in [3.63, 3.8) is 0 Å². The summed E-state index contributed by atoms with van der Waals surface area (Å²) in [5, 5.41) is 2.31. The number of benzene rings is 3. The Balaban J connectivity index is 2.06. The fourth-order valence-corrected chi connectivity index (χ4v) is 4.72. The Hall–Kier alpha value is -2.65. The number of hydrogen-bond donors (Lipinski definition) is 0. The summed E-state index contributed by atoms with van der Waals surface area (Å²) >= 11 is 0. The molecule has 0 N–H and O–H groups in total. The standard InChI is InChI=1S/C23H23O2Si/c1-23(2,3)19-15-14-18(17-24)22(16-19)25-26(20-10-6-4-7-11-20)21-12-8-5-9-13-21/h4-17H,1-3H3. The van der Waals surface area contributed by atoms with E-state index in [1.54, 1.807) is 0 Å². The van der Waals surface area contributed by atoms with E-state index in [2.05, 4.69) is 45.0 Å². The minimum Gasteiger partial charge on any atom is -0.532 e. The van der Waals surface area contributed by atoms with Gasteiger partial charge in [-0.05, 0) is 33.5 Å². The van der Waals surface area contributed by atoms with Crippen molar-refractivity contribution in [1.82, 2.24) is 0 Å². The monoisotopic (exact) mass is 359 g/mol. The summed E-state index contributed by atoms with van der Waals surface area (Å²) in [5.74, 6) is 0.661. The second-order valence-electron chi connectivity index (χ2n) is 7.28. The van der Waals surface area contributed by atoms with E-state index in [1.807, 2.05) is 54.6 Å². The summed E-state index contributed by atoms with van der Waals surface area (Å²) in [4.78, 5) is 11.6. The molecule has 0 aliphatic rings. The Kier molecular flexibility index (Phi) is 5.38. The van der Waals surface area contributed by atoms with Crippen molar-refractivity contribution in [2.75, 3.05) is 0 Å². The average Bonchev–Trinajstić information content (AvgIpc) is 2.66. The SMILES string of the molecule is CC(C)(C)c1ccc(C=O)c(O[Si](c2ccccc2)c2ccccc2)c1. The number of carbonyl (C=O) groups is 1. The topological polar surface area (TPSA) is 26.3 Å². The summed E-state index contributed by atoms with van der Waals surface area (Å²) in [5.41, 5.74) is 1.74. The molecule has 3 heteroatoms. The van der Waals surface area contributed by atoms with Crippen LogP contribution in [0.1, 0.15) is 36.7 Å². The second kappa shape index (κ2) is 7.71. The highest BCUT2D eigenvalue weighted by Crippen LogP contribution is 2.28. The minimum atomic E-state index is -1.50. The smallest absolute Gasteiger partial charge is 0.352 e. The first kappa shape index (κ1) is 18.1. The van der Waals surface area contributed by atoms with Gasteiger partial charge in [0, 0.05) is 0 Å². The van der Waals surface area contributed by atoms with Gasteiger partial charge in [-0.3, -0.25) is 4.79 Å². The van der Waals surface area contributed by atoms with Gasteiger partial charge in [0.05, 0.1) is 5.56 Å². The van der Waals surface area contributed by atoms with Crippen LogP contribution < -0.4 is 14.8 Å². The van der Waals surface area contributed by atoms with Gasteiger partial charge in [-0.25, -0.2) is 0 Å². The minimum absolute atomic E-state index is 0.00801. The highest BCUT2D eigenvalue weighted by Gasteiger charge is 2.24. The molecule has 0 atom stereocenters. The van der Waals surface area contributed by atoms with Crippen LogP contribution in [-0.2, 0) is 5.41 Å². The van der Waals surface area contributed by atoms with Crippen molar-refractivity contribution in [1.29, 1.82) is 0 Å². The van der Waals surface area contributed by atoms with Gasteiger partial charge in [0.25, 0.3) is 0 Å². The lowest BCUT2D eigenvalue weighted by Gasteiger charge is -2.23. The maximum atomic E-state index is 11.6. The van der Waals surface area contributed by atoms with E-state index in [4.69, 9.17) is 4.43 Å². The first-order chi connectivity index (χ1) is 12.5. The van der Waals surface area contributed by atoms with Crippen LogP contribution in [0.2, 0.25) is 0 Å². The molecule has 131 valence electrons. The number of carbonyl (C=O) groups excluding carboxylic acids is 1. The fraction of sp³-hybridized carbons (Fsp3) is 0.174. The molecule has 0 unspecified atom stereocenters. The molecule has 0 aromatic heterocycles. The molecule has 2 nitrogen and oxygen atoms in total. The summed E-state index contributed by atoms with van der Waals surface area (Å²) in [6.07, 6.45) is 0.872. The van der Waals surface area contributed by atoms with Crippen LogP contribution in [0.4, 0.5) is 0 Å². The molecule has 26 heavy (non-hydrogen) atoms. The van der Waals surface area contributed by atoms with Gasteiger partial charge in [0.15, 0.2) is 6.29 Å². The van der Waals surface area contributed by atoms with Gasteiger partial charge in [-0.1, -0.05) is 87.5 Å². The third kappa shape index (κ3) is 4.11. The predicted octanol–water partition coefficient (Wildman–Crippen LogP) is 3.98. The molecular weight excluding hydrogens is 336 g/mol. The number of aldehydes is 1. The molecule has 3 aromatic carbocycles. The van der Waals surface area contributed by atoms with E-state index in [0.717, 1.165) is 22.2 Å². The van der Waals surface area contributed by atoms with E-state index in [9.17, 15) is 4.79 Å². The summed E-state index contributed by atoms with van der Waals surface area (Å²) in [6.45, 7) is 6.48. The van der Waals surface area contributed by atoms with Crippen molar-refractivity contribution in [2.24, 2.45) is 0 Å². The van der Waals surface area contributed by atoms with Crippen LogP contribution >= 0.6 is 0 Å². The maximum absolute atomic E-state index is 11.6. The molecule has 0 spiro atoms. The Labute approximate surface area is 157 Å². The first-order valence-corrected chi connectivity index (χ1v) is 10.2. The van der Waals surface area contributed by atoms with Crippen LogP contribution in [0, 0.1) is 0 Å². The highest BCUT2D eigenvalue weighted by atomic mass is 28.3. The highest BCUT2D eigenvalue weighted by molar-refractivity contribution is 6.80. The molecule has 3 rings (SSSR count). The Bertz CT molecular complexity index is 828. The van der Waals surface area contributed by atoms with Gasteiger partial charge in [0.1, 0.15) is 5.75 Å². The van der Waals surface area contributed by atoms with E-state index < -0.39 is 9.04 Å². The van der Waals surface area contributed by atoms with Crippen molar-refractivity contribution in [3.05, 3.63) is 90.0 Å². The quantitative estimate of drug-likeness (QED) is 0.509. The first-order valence-electron chi connectivity index (χ1n) is 8.74. The maximum Gasteiger partial charge on any atom is 0.352 e. The van der Waals surface area contributed by atoms with Crippen molar-refractivity contribution >= 4 is 25.7 Å². The van der Waals surface area contributed by atoms with Crippen LogP contribution in [-0.4, -0.2) is 15.3 Å². The van der Waals surface area contributed by atoms with E-state index in [-0.39, 0.29) is 5.41 Å². The van der Waals surface area contributed by atoms with E-state index in [0.29, 0.717) is 11.3 Å². The third-order valence-electron chi connectivity index (χ3n) is 4.29. The van der Waals surface area contributed by atoms with Gasteiger partial charge >= 0.3 is 9.04 Å². The van der Waals surface area contributed by atoms with Crippen molar-refractivity contribution in [3.8, 4) is 5.75 Å². The molecule has 0 amide bonds. The second-order valence-corrected chi connectivity index (χ2v) is 9.30. The summed E-state index contributed by atoms with van der Waals surface area (Å²) < 4.78 is 6.52. The molecule has 0 aliphatic heterocycles. The molecular formula is C23H23O2Si. The van der Waals surface area contributed by atoms with Crippen molar-refractivity contribution < 1.29 is 9.22 Å². The lowest BCUT2D eigenvalue weighted by molar-refractivity contribution is 0.112. The van der Waals surface area contributed by atoms with Gasteiger partial charge in [0.2, 0.25) is 0 Å². The lowest BCUT2D eigenvalue weighted by atomic mass is 9.86. The lowest BCUT2D eigenvalue weighted by Crippen LogP contribution is -2.47. The molecule has 1 radical (unpaired) electrons. The van der Waals surface area contributed by atoms with Crippen molar-refractivity contribution in [2.45, 2.75) is 26.2 Å². The van der Waals surface area contributed by atoms with E-state index >= 15 is 0 Å². The Morgan fingerprint density at radius 1 is 0.808 bits per heavy atom. The van der Waals surface area contributed by atoms with Gasteiger partial charge in [-0.15, -0.1) is 0 Å². The van der Waals surface area contributed by atoms with E-state index in [1.165, 1.54) is 0 Å². The zero-order chi connectivity index (χ0) is 18.6. The summed E-state index contributed by atoms with van der Waals surface area (Å²) in [7, 11) is -1.50. The molecule has 0 heterocycles. The Morgan fingerprint density at radius 2 is 1.35 bits per heavy atom. The van der Waals surface area contributed by atoms with Gasteiger partial charge < -0.3 is 4.43 Å². The molecule has 0 saturated heterocycles. The predicted molar refractivity (Wildman–Crippen MR) is 109 cm³/mol. The Morgan fingerprint density at radius 3 is 1.81 bits per heavy atom. The van der Waals surface area contributed by atoms with Crippen LogP contribution in [0.5, 0.6) is 5.75 Å². The third-order valence-corrected chi connectivity index (χ3v) is 6.43. The summed E-state index contributed by atoms with van der Waals surface area (Å²) in [6, 6.07) is 26.4. The molecule has 0 bridgehead atoms. The van der Waals surface area contributed by atoms with Gasteiger partial charge in [-0.2, -0.15) is 0 Å².